The van der Waals surface area contributed by atoms with Gasteiger partial charge in [0.1, 0.15) is 5.75 Å². The molecule has 1 N–H and O–H groups in total. The Bertz CT molecular complexity index is 1010. The van der Waals surface area contributed by atoms with Crippen molar-refractivity contribution in [3.8, 4) is 5.75 Å². The molecular formula is C26H25NO2. The number of ether oxygens (including phenoxy) is 1. The van der Waals surface area contributed by atoms with Crippen LogP contribution in [0.4, 0.5) is 0 Å². The van der Waals surface area contributed by atoms with Crippen molar-refractivity contribution in [3.05, 3.63) is 101 Å². The van der Waals surface area contributed by atoms with Crippen LogP contribution >= 0.6 is 0 Å². The van der Waals surface area contributed by atoms with E-state index in [9.17, 15) is 4.79 Å². The first-order valence-electron chi connectivity index (χ1n) is 10.3. The summed E-state index contributed by atoms with van der Waals surface area (Å²) >= 11 is 0. The van der Waals surface area contributed by atoms with Crippen molar-refractivity contribution >= 4 is 5.91 Å². The molecule has 0 saturated carbocycles. The summed E-state index contributed by atoms with van der Waals surface area (Å²) < 4.78 is 5.38. The molecule has 29 heavy (non-hydrogen) atoms. The molecule has 1 atom stereocenters. The topological polar surface area (TPSA) is 38.3 Å². The Morgan fingerprint density at radius 3 is 2.14 bits per heavy atom. The van der Waals surface area contributed by atoms with Crippen LogP contribution in [0.25, 0.3) is 0 Å². The molecule has 3 heteroatoms. The highest BCUT2D eigenvalue weighted by Gasteiger charge is 2.42. The maximum atomic E-state index is 12.7. The second-order valence-corrected chi connectivity index (χ2v) is 8.08. The van der Waals surface area contributed by atoms with Crippen molar-refractivity contribution in [2.75, 3.05) is 13.7 Å². The number of nitrogens with one attached hydrogen (secondary N) is 1. The maximum absolute atomic E-state index is 12.7. The number of rotatable bonds is 5. The summed E-state index contributed by atoms with van der Waals surface area (Å²) in [5, 5.41) is 3.20. The van der Waals surface area contributed by atoms with E-state index in [1.54, 1.807) is 7.11 Å². The quantitative estimate of drug-likeness (QED) is 0.696. The number of hydrogen-bond donors (Lipinski definition) is 1. The number of hydrogen-bond acceptors (Lipinski definition) is 2. The fourth-order valence-electron chi connectivity index (χ4n) is 5.29. The van der Waals surface area contributed by atoms with Gasteiger partial charge in [-0.2, -0.15) is 0 Å². The van der Waals surface area contributed by atoms with E-state index in [2.05, 4.69) is 53.8 Å². The first-order chi connectivity index (χ1) is 14.3. The zero-order chi connectivity index (χ0) is 19.8. The molecule has 3 aromatic carbocycles. The van der Waals surface area contributed by atoms with E-state index in [4.69, 9.17) is 4.74 Å². The average Bonchev–Trinajstić information content (AvgIpc) is 2.78. The van der Waals surface area contributed by atoms with Crippen LogP contribution in [0, 0.1) is 5.92 Å². The maximum Gasteiger partial charge on any atom is 0.224 e. The van der Waals surface area contributed by atoms with Crippen molar-refractivity contribution in [2.45, 2.75) is 24.7 Å². The minimum Gasteiger partial charge on any atom is -0.496 e. The van der Waals surface area contributed by atoms with E-state index in [0.717, 1.165) is 17.7 Å². The van der Waals surface area contributed by atoms with Crippen molar-refractivity contribution in [3.63, 3.8) is 0 Å². The third kappa shape index (κ3) is 3.11. The third-order valence-electron chi connectivity index (χ3n) is 6.53. The van der Waals surface area contributed by atoms with Crippen LogP contribution in [-0.2, 0) is 11.2 Å². The molecule has 2 bridgehead atoms. The minimum atomic E-state index is 0.0533. The molecule has 0 unspecified atom stereocenters. The van der Waals surface area contributed by atoms with Gasteiger partial charge in [0.05, 0.1) is 13.5 Å². The molecule has 3 nitrogen and oxygen atoms in total. The molecule has 0 aromatic heterocycles. The highest BCUT2D eigenvalue weighted by molar-refractivity contribution is 5.79. The second-order valence-electron chi connectivity index (χ2n) is 8.08. The predicted molar refractivity (Wildman–Crippen MR) is 114 cm³/mol. The van der Waals surface area contributed by atoms with Gasteiger partial charge in [-0.05, 0) is 40.7 Å². The SMILES string of the molecule is COc1ccccc1CC(=O)NC[C@H]1CC2c3ccccc3C1c1ccccc12. The van der Waals surface area contributed by atoms with Crippen LogP contribution < -0.4 is 10.1 Å². The molecule has 0 aliphatic heterocycles. The minimum absolute atomic E-state index is 0.0533. The Morgan fingerprint density at radius 2 is 1.48 bits per heavy atom. The lowest BCUT2D eigenvalue weighted by Gasteiger charge is -2.45. The molecule has 3 aromatic rings. The lowest BCUT2D eigenvalue weighted by molar-refractivity contribution is -0.120. The summed E-state index contributed by atoms with van der Waals surface area (Å²) in [5.41, 5.74) is 6.73. The van der Waals surface area contributed by atoms with Gasteiger partial charge in [0.15, 0.2) is 0 Å². The van der Waals surface area contributed by atoms with Gasteiger partial charge in [-0.25, -0.2) is 0 Å². The summed E-state index contributed by atoms with van der Waals surface area (Å²) in [5.74, 6) is 2.04. The molecule has 0 fully saturated rings. The van der Waals surface area contributed by atoms with Gasteiger partial charge < -0.3 is 10.1 Å². The zero-order valence-electron chi connectivity index (χ0n) is 16.6. The third-order valence-corrected chi connectivity index (χ3v) is 6.53. The van der Waals surface area contributed by atoms with E-state index < -0.39 is 0 Å². The lowest BCUT2D eigenvalue weighted by atomic mass is 9.59. The molecule has 0 radical (unpaired) electrons. The van der Waals surface area contributed by atoms with E-state index >= 15 is 0 Å². The summed E-state index contributed by atoms with van der Waals surface area (Å²) in [6, 6.07) is 25.4. The number of methoxy groups -OCH3 is 1. The van der Waals surface area contributed by atoms with Gasteiger partial charge in [-0.3, -0.25) is 4.79 Å². The monoisotopic (exact) mass is 383 g/mol. The summed E-state index contributed by atoms with van der Waals surface area (Å²) in [7, 11) is 1.64. The van der Waals surface area contributed by atoms with Crippen molar-refractivity contribution in [2.24, 2.45) is 5.92 Å². The zero-order valence-corrected chi connectivity index (χ0v) is 16.6. The van der Waals surface area contributed by atoms with Crippen LogP contribution in [0.1, 0.15) is 46.1 Å². The number of carbonyl (C=O) groups excluding carboxylic acids is 1. The van der Waals surface area contributed by atoms with Crippen molar-refractivity contribution in [1.82, 2.24) is 5.32 Å². The highest BCUT2D eigenvalue weighted by Crippen LogP contribution is 2.55. The Balaban J connectivity index is 1.35. The molecular weight excluding hydrogens is 358 g/mol. The molecule has 0 heterocycles. The van der Waals surface area contributed by atoms with Crippen LogP contribution in [0.5, 0.6) is 5.75 Å². The van der Waals surface area contributed by atoms with E-state index in [-0.39, 0.29) is 5.91 Å². The average molecular weight is 383 g/mol. The number of para-hydroxylation sites is 1. The molecule has 1 amide bonds. The number of benzene rings is 3. The molecule has 6 rings (SSSR count). The highest BCUT2D eigenvalue weighted by atomic mass is 16.5. The van der Waals surface area contributed by atoms with Crippen LogP contribution in [-0.4, -0.2) is 19.6 Å². The van der Waals surface area contributed by atoms with E-state index in [1.807, 2.05) is 24.3 Å². The molecule has 146 valence electrons. The van der Waals surface area contributed by atoms with Crippen LogP contribution in [0.3, 0.4) is 0 Å². The first kappa shape index (κ1) is 18.0. The Morgan fingerprint density at radius 1 is 0.897 bits per heavy atom. The normalized spacial score (nSPS) is 21.2. The van der Waals surface area contributed by atoms with Crippen molar-refractivity contribution < 1.29 is 9.53 Å². The lowest BCUT2D eigenvalue weighted by Crippen LogP contribution is -2.39. The fraction of sp³-hybridized carbons (Fsp3) is 0.269. The Hall–Kier alpha value is -3.07. The predicted octanol–water partition coefficient (Wildman–Crippen LogP) is 4.65. The van der Waals surface area contributed by atoms with Gasteiger partial charge in [-0.15, -0.1) is 0 Å². The summed E-state index contributed by atoms with van der Waals surface area (Å²) in [6.07, 6.45) is 1.44. The molecule has 0 saturated heterocycles. The van der Waals surface area contributed by atoms with Gasteiger partial charge in [-0.1, -0.05) is 66.7 Å². The largest absolute Gasteiger partial charge is 0.496 e. The van der Waals surface area contributed by atoms with Gasteiger partial charge in [0.25, 0.3) is 0 Å². The fourth-order valence-corrected chi connectivity index (χ4v) is 5.29. The Kier molecular flexibility index (Phi) is 4.59. The molecule has 3 aliphatic carbocycles. The van der Waals surface area contributed by atoms with Gasteiger partial charge >= 0.3 is 0 Å². The van der Waals surface area contributed by atoms with E-state index in [1.165, 1.54) is 22.3 Å². The second kappa shape index (κ2) is 7.40. The summed E-state index contributed by atoms with van der Waals surface area (Å²) in [4.78, 5) is 12.7. The first-order valence-corrected chi connectivity index (χ1v) is 10.3. The van der Waals surface area contributed by atoms with Gasteiger partial charge in [0.2, 0.25) is 5.91 Å². The van der Waals surface area contributed by atoms with Crippen LogP contribution in [0.15, 0.2) is 72.8 Å². The van der Waals surface area contributed by atoms with Crippen molar-refractivity contribution in [1.29, 1.82) is 0 Å². The number of amides is 1. The molecule has 0 spiro atoms. The summed E-state index contributed by atoms with van der Waals surface area (Å²) in [6.45, 7) is 0.706. The number of carbonyl (C=O) groups is 1. The van der Waals surface area contributed by atoms with Gasteiger partial charge in [0, 0.05) is 23.9 Å². The van der Waals surface area contributed by atoms with Crippen LogP contribution in [0.2, 0.25) is 0 Å². The smallest absolute Gasteiger partial charge is 0.224 e. The number of fused-ring (bicyclic) bond motifs is 1. The molecule has 3 aliphatic rings. The standard InChI is InChI=1S/C26H25NO2/c1-29-24-13-7-2-8-17(24)15-25(28)27-16-18-14-23-19-9-3-5-11-21(19)26(18)22-12-6-4-10-20(22)23/h2-13,18,23,26H,14-16H2,1H3,(H,27,28)/t18-,23?,26?/m1/s1. The Labute approximate surface area is 171 Å². The van der Waals surface area contributed by atoms with E-state index in [0.29, 0.717) is 30.7 Å².